The molecule has 3 atom stereocenters. The quantitative estimate of drug-likeness (QED) is 0.459. The van der Waals surface area contributed by atoms with Crippen molar-refractivity contribution < 1.29 is 24.7 Å². The van der Waals surface area contributed by atoms with Gasteiger partial charge in [0.15, 0.2) is 0 Å². The van der Waals surface area contributed by atoms with E-state index in [9.17, 15) is 9.90 Å². The van der Waals surface area contributed by atoms with Crippen LogP contribution in [-0.2, 0) is 9.53 Å². The summed E-state index contributed by atoms with van der Waals surface area (Å²) in [5, 5.41) is 29.9. The van der Waals surface area contributed by atoms with Gasteiger partial charge in [-0.25, -0.2) is 0 Å². The van der Waals surface area contributed by atoms with Crippen LogP contribution in [0.1, 0.15) is 12.8 Å². The normalized spacial score (nSPS) is 35.9. The number of aliphatic carboxylic acids is 1. The fraction of sp³-hybridized carbons (Fsp3) is 0.900. The number of fused-ring (bicyclic) bond motifs is 1. The molecule has 2 aliphatic rings. The van der Waals surface area contributed by atoms with Gasteiger partial charge in [-0.3, -0.25) is 4.79 Å². The maximum atomic E-state index is 11.2. The van der Waals surface area contributed by atoms with Gasteiger partial charge in [0.1, 0.15) is 6.04 Å². The maximum absolute atomic E-state index is 11.2. The van der Waals surface area contributed by atoms with E-state index in [1.807, 2.05) is 0 Å². The third-order valence-electron chi connectivity index (χ3n) is 4.00. The standard InChI is InChI=1S/C10H18BNO5/c13-9(14)8-10(2-1-3-11(15)16)6-17-5-7(10)4-12-8/h7-8,12,15-16H,1-6H2,(H,13,14). The Morgan fingerprint density at radius 2 is 2.29 bits per heavy atom. The average molecular weight is 243 g/mol. The first-order valence-corrected chi connectivity index (χ1v) is 5.96. The van der Waals surface area contributed by atoms with Crippen LogP contribution < -0.4 is 5.32 Å². The molecule has 2 heterocycles. The number of nitrogens with one attached hydrogen (secondary N) is 1. The van der Waals surface area contributed by atoms with Crippen molar-refractivity contribution >= 4 is 13.1 Å². The summed E-state index contributed by atoms with van der Waals surface area (Å²) < 4.78 is 5.42. The Balaban J connectivity index is 2.03. The van der Waals surface area contributed by atoms with Crippen LogP contribution in [0.4, 0.5) is 0 Å². The zero-order valence-electron chi connectivity index (χ0n) is 9.63. The largest absolute Gasteiger partial charge is 0.480 e. The summed E-state index contributed by atoms with van der Waals surface area (Å²) in [4.78, 5) is 11.2. The molecule has 3 unspecified atom stereocenters. The molecule has 0 aliphatic carbocycles. The zero-order valence-corrected chi connectivity index (χ0v) is 9.63. The first kappa shape index (κ1) is 12.8. The molecule has 0 amide bonds. The van der Waals surface area contributed by atoms with Gasteiger partial charge in [-0.05, 0) is 12.7 Å². The van der Waals surface area contributed by atoms with Crippen LogP contribution in [-0.4, -0.2) is 54.0 Å². The Hall–Kier alpha value is -0.625. The topological polar surface area (TPSA) is 99.0 Å². The van der Waals surface area contributed by atoms with E-state index in [0.717, 1.165) is 0 Å². The predicted octanol–water partition coefficient (Wildman–Crippen LogP) is -1.07. The molecule has 2 rings (SSSR count). The van der Waals surface area contributed by atoms with Gasteiger partial charge in [0, 0.05) is 17.9 Å². The maximum Gasteiger partial charge on any atom is 0.451 e. The van der Waals surface area contributed by atoms with Gasteiger partial charge in [0.05, 0.1) is 13.2 Å². The number of ether oxygens (including phenoxy) is 1. The SMILES string of the molecule is O=C(O)C1NCC2COCC21CCCB(O)O. The van der Waals surface area contributed by atoms with Gasteiger partial charge in [-0.15, -0.1) is 0 Å². The molecule has 7 heteroatoms. The van der Waals surface area contributed by atoms with Crippen LogP contribution in [0.2, 0.25) is 6.32 Å². The zero-order chi connectivity index (χ0) is 12.5. The highest BCUT2D eigenvalue weighted by molar-refractivity contribution is 6.40. The Morgan fingerprint density at radius 3 is 2.94 bits per heavy atom. The Morgan fingerprint density at radius 1 is 1.53 bits per heavy atom. The molecule has 0 saturated carbocycles. The van der Waals surface area contributed by atoms with Gasteiger partial charge in [0.25, 0.3) is 0 Å². The molecule has 2 saturated heterocycles. The van der Waals surface area contributed by atoms with Crippen LogP contribution in [0.5, 0.6) is 0 Å². The Kier molecular flexibility index (Phi) is 3.72. The van der Waals surface area contributed by atoms with Crippen molar-refractivity contribution in [3.05, 3.63) is 0 Å². The third-order valence-corrected chi connectivity index (χ3v) is 4.00. The summed E-state index contributed by atoms with van der Waals surface area (Å²) in [6.07, 6.45) is 1.53. The van der Waals surface area contributed by atoms with Gasteiger partial charge < -0.3 is 25.2 Å². The molecular formula is C10H18BNO5. The highest BCUT2D eigenvalue weighted by atomic mass is 16.5. The summed E-state index contributed by atoms with van der Waals surface area (Å²) in [6, 6.07) is -0.578. The van der Waals surface area contributed by atoms with Crippen molar-refractivity contribution in [2.75, 3.05) is 19.8 Å². The lowest BCUT2D eigenvalue weighted by Gasteiger charge is -2.31. The van der Waals surface area contributed by atoms with Crippen LogP contribution >= 0.6 is 0 Å². The van der Waals surface area contributed by atoms with Crippen LogP contribution in [0.3, 0.4) is 0 Å². The first-order chi connectivity index (χ1) is 8.06. The van der Waals surface area contributed by atoms with E-state index in [-0.39, 0.29) is 17.7 Å². The van der Waals surface area contributed by atoms with E-state index < -0.39 is 19.1 Å². The van der Waals surface area contributed by atoms with Gasteiger partial charge in [-0.1, -0.05) is 6.42 Å². The smallest absolute Gasteiger partial charge is 0.451 e. The van der Waals surface area contributed by atoms with Gasteiger partial charge >= 0.3 is 13.1 Å². The minimum absolute atomic E-state index is 0.222. The number of carbonyl (C=O) groups is 1. The van der Waals surface area contributed by atoms with E-state index in [2.05, 4.69) is 5.32 Å². The lowest BCUT2D eigenvalue weighted by atomic mass is 9.70. The monoisotopic (exact) mass is 243 g/mol. The number of hydrogen-bond donors (Lipinski definition) is 4. The van der Waals surface area contributed by atoms with Crippen LogP contribution in [0, 0.1) is 11.3 Å². The molecule has 6 nitrogen and oxygen atoms in total. The number of rotatable bonds is 5. The molecule has 2 aliphatic heterocycles. The summed E-state index contributed by atoms with van der Waals surface area (Å²) in [5.41, 5.74) is -0.374. The van der Waals surface area contributed by atoms with E-state index in [1.165, 1.54) is 0 Å². The van der Waals surface area contributed by atoms with E-state index in [1.54, 1.807) is 0 Å². The second-order valence-corrected chi connectivity index (χ2v) is 5.00. The van der Waals surface area contributed by atoms with Crippen molar-refractivity contribution in [3.8, 4) is 0 Å². The fourth-order valence-corrected chi connectivity index (χ4v) is 3.09. The summed E-state index contributed by atoms with van der Waals surface area (Å²) >= 11 is 0. The van der Waals surface area contributed by atoms with Crippen molar-refractivity contribution in [2.24, 2.45) is 11.3 Å². The minimum atomic E-state index is -1.31. The predicted molar refractivity (Wildman–Crippen MR) is 60.4 cm³/mol. The highest BCUT2D eigenvalue weighted by Gasteiger charge is 2.56. The van der Waals surface area contributed by atoms with Crippen LogP contribution in [0.15, 0.2) is 0 Å². The molecule has 2 fully saturated rings. The number of hydrogen-bond acceptors (Lipinski definition) is 5. The molecule has 17 heavy (non-hydrogen) atoms. The van der Waals surface area contributed by atoms with E-state index >= 15 is 0 Å². The molecule has 0 aromatic carbocycles. The van der Waals surface area contributed by atoms with Crippen molar-refractivity contribution in [1.82, 2.24) is 5.32 Å². The molecule has 0 spiro atoms. The number of carboxylic acids is 1. The lowest BCUT2D eigenvalue weighted by molar-refractivity contribution is -0.142. The fourth-order valence-electron chi connectivity index (χ4n) is 3.09. The molecule has 0 aromatic rings. The molecule has 0 bridgehead atoms. The van der Waals surface area contributed by atoms with Gasteiger partial charge in [-0.2, -0.15) is 0 Å². The summed E-state index contributed by atoms with van der Waals surface area (Å²) in [7, 11) is -1.31. The number of carboxylic acid groups (broad SMARTS) is 1. The molecule has 4 N–H and O–H groups in total. The minimum Gasteiger partial charge on any atom is -0.480 e. The first-order valence-electron chi connectivity index (χ1n) is 5.96. The molecule has 0 radical (unpaired) electrons. The second kappa shape index (κ2) is 4.93. The van der Waals surface area contributed by atoms with Crippen molar-refractivity contribution in [2.45, 2.75) is 25.2 Å². The summed E-state index contributed by atoms with van der Waals surface area (Å²) in [6.45, 7) is 1.71. The van der Waals surface area contributed by atoms with E-state index in [4.69, 9.17) is 14.8 Å². The summed E-state index contributed by atoms with van der Waals surface area (Å²) in [5.74, 6) is -0.623. The van der Waals surface area contributed by atoms with Crippen molar-refractivity contribution in [1.29, 1.82) is 0 Å². The second-order valence-electron chi connectivity index (χ2n) is 5.00. The van der Waals surface area contributed by atoms with Crippen molar-refractivity contribution in [3.63, 3.8) is 0 Å². The van der Waals surface area contributed by atoms with Crippen LogP contribution in [0.25, 0.3) is 0 Å². The third kappa shape index (κ3) is 2.33. The van der Waals surface area contributed by atoms with E-state index in [0.29, 0.717) is 32.6 Å². The highest BCUT2D eigenvalue weighted by Crippen LogP contribution is 2.45. The lowest BCUT2D eigenvalue weighted by Crippen LogP contribution is -2.45. The van der Waals surface area contributed by atoms with Gasteiger partial charge in [0.2, 0.25) is 0 Å². The average Bonchev–Trinajstić information content (AvgIpc) is 2.73. The Bertz CT molecular complexity index is 300. The molecule has 96 valence electrons. The molecule has 0 aromatic heterocycles. The Labute approximate surface area is 100 Å². The molecular weight excluding hydrogens is 225 g/mol.